The molecule has 0 N–H and O–H groups in total. The minimum Gasteiger partial charge on any atom is -0.444 e. The second-order valence-corrected chi connectivity index (χ2v) is 7.06. The van der Waals surface area contributed by atoms with Crippen LogP contribution in [0.1, 0.15) is 27.8 Å². The topological polar surface area (TPSA) is 74.1 Å². The van der Waals surface area contributed by atoms with Crippen LogP contribution >= 0.6 is 15.9 Å². The average Bonchev–Trinajstić information content (AvgIpc) is 3.12. The Morgan fingerprint density at radius 2 is 1.63 bits per heavy atom. The number of anilines is 1. The molecule has 0 atom stereocenters. The Balaban J connectivity index is 1.80. The lowest BCUT2D eigenvalue weighted by Crippen LogP contribution is -2.50. The van der Waals surface area contributed by atoms with Crippen molar-refractivity contribution < 1.29 is 18.8 Å². The molecule has 142 valence electrons. The number of benzene rings is 1. The molecule has 0 spiro atoms. The van der Waals surface area contributed by atoms with Crippen LogP contribution in [0.2, 0.25) is 0 Å². The summed E-state index contributed by atoms with van der Waals surface area (Å²) >= 11 is 3.18. The van der Waals surface area contributed by atoms with Gasteiger partial charge in [0.05, 0.1) is 11.3 Å². The highest BCUT2D eigenvalue weighted by Gasteiger charge is 2.27. The zero-order chi connectivity index (χ0) is 19.6. The Bertz CT molecular complexity index is 871. The molecule has 1 aliphatic rings. The van der Waals surface area contributed by atoms with Crippen LogP contribution in [0.4, 0.5) is 5.69 Å². The first-order chi connectivity index (χ1) is 12.9. The van der Waals surface area contributed by atoms with Gasteiger partial charge in [-0.3, -0.25) is 14.4 Å². The van der Waals surface area contributed by atoms with Gasteiger partial charge in [0.15, 0.2) is 10.4 Å². The highest BCUT2D eigenvalue weighted by atomic mass is 79.9. The molecule has 0 aliphatic carbocycles. The first-order valence-corrected chi connectivity index (χ1v) is 9.35. The van der Waals surface area contributed by atoms with Gasteiger partial charge < -0.3 is 19.1 Å². The van der Waals surface area contributed by atoms with Crippen molar-refractivity contribution in [2.75, 3.05) is 38.1 Å². The smallest absolute Gasteiger partial charge is 0.293 e. The molecule has 1 aliphatic heterocycles. The van der Waals surface area contributed by atoms with Crippen molar-refractivity contribution in [2.45, 2.75) is 6.92 Å². The summed E-state index contributed by atoms with van der Waals surface area (Å²) in [5.74, 6) is -0.310. The molecule has 3 rings (SSSR count). The second kappa shape index (κ2) is 7.96. The van der Waals surface area contributed by atoms with E-state index in [2.05, 4.69) is 15.9 Å². The van der Waals surface area contributed by atoms with Gasteiger partial charge in [0.2, 0.25) is 5.91 Å². The predicted octanol–water partition coefficient (Wildman–Crippen LogP) is 2.62. The van der Waals surface area contributed by atoms with E-state index in [1.807, 2.05) is 0 Å². The number of amides is 3. The van der Waals surface area contributed by atoms with Crippen LogP contribution in [0.5, 0.6) is 0 Å². The molecule has 27 heavy (non-hydrogen) atoms. The van der Waals surface area contributed by atoms with E-state index in [1.54, 1.807) is 53.2 Å². The van der Waals surface area contributed by atoms with E-state index in [-0.39, 0.29) is 23.5 Å². The predicted molar refractivity (Wildman–Crippen MR) is 104 cm³/mol. The Morgan fingerprint density at radius 3 is 2.22 bits per heavy atom. The minimum absolute atomic E-state index is 0.0115. The van der Waals surface area contributed by atoms with Crippen LogP contribution < -0.4 is 4.90 Å². The quantitative estimate of drug-likeness (QED) is 0.745. The van der Waals surface area contributed by atoms with E-state index in [0.717, 1.165) is 0 Å². The molecule has 8 heteroatoms. The van der Waals surface area contributed by atoms with E-state index >= 15 is 0 Å². The number of para-hydroxylation sites is 1. The zero-order valence-electron chi connectivity index (χ0n) is 15.1. The van der Waals surface area contributed by atoms with Gasteiger partial charge in [0, 0.05) is 40.2 Å². The molecule has 1 aromatic carbocycles. The maximum absolute atomic E-state index is 13.0. The first kappa shape index (κ1) is 19.2. The largest absolute Gasteiger partial charge is 0.444 e. The SMILES string of the molecule is CC(=O)N1CCN(C(=O)c2ccccc2N(C)C(=O)c2ccc(Br)o2)CC1. The van der Waals surface area contributed by atoms with Gasteiger partial charge in [0.25, 0.3) is 11.8 Å². The van der Waals surface area contributed by atoms with Crippen LogP contribution in [0.3, 0.4) is 0 Å². The standard InChI is InChI=1S/C19H20BrN3O4/c1-13(24)22-9-11-23(12-10-22)18(25)14-5-3-4-6-15(14)21(2)19(26)16-7-8-17(20)27-16/h3-8H,9-12H2,1-2H3. The second-order valence-electron chi connectivity index (χ2n) is 6.28. The fourth-order valence-corrected chi connectivity index (χ4v) is 3.35. The number of rotatable bonds is 3. The van der Waals surface area contributed by atoms with Gasteiger partial charge in [0.1, 0.15) is 0 Å². The van der Waals surface area contributed by atoms with Crippen molar-refractivity contribution in [3.8, 4) is 0 Å². The summed E-state index contributed by atoms with van der Waals surface area (Å²) in [6.45, 7) is 3.49. The van der Waals surface area contributed by atoms with E-state index in [1.165, 1.54) is 11.8 Å². The van der Waals surface area contributed by atoms with Gasteiger partial charge in [-0.1, -0.05) is 12.1 Å². The monoisotopic (exact) mass is 433 g/mol. The Kier molecular flexibility index (Phi) is 5.65. The van der Waals surface area contributed by atoms with Crippen molar-refractivity contribution in [3.05, 3.63) is 52.4 Å². The lowest BCUT2D eigenvalue weighted by molar-refractivity contribution is -0.130. The van der Waals surface area contributed by atoms with Gasteiger partial charge in [-0.15, -0.1) is 0 Å². The molecular weight excluding hydrogens is 414 g/mol. The number of carbonyl (C=O) groups excluding carboxylic acids is 3. The third kappa shape index (κ3) is 4.05. The molecule has 2 aromatic rings. The number of hydrogen-bond donors (Lipinski definition) is 0. The fourth-order valence-electron chi connectivity index (χ4n) is 3.05. The summed E-state index contributed by atoms with van der Waals surface area (Å²) in [5, 5.41) is 0. The molecule has 2 heterocycles. The molecule has 0 bridgehead atoms. The van der Waals surface area contributed by atoms with Crippen LogP contribution in [0.25, 0.3) is 0 Å². The molecule has 7 nitrogen and oxygen atoms in total. The fraction of sp³-hybridized carbons (Fsp3) is 0.316. The summed E-state index contributed by atoms with van der Waals surface area (Å²) in [7, 11) is 1.61. The summed E-state index contributed by atoms with van der Waals surface area (Å²) in [6, 6.07) is 10.2. The van der Waals surface area contributed by atoms with Crippen molar-refractivity contribution >= 4 is 39.3 Å². The molecule has 1 saturated heterocycles. The number of nitrogens with zero attached hydrogens (tertiary/aromatic N) is 3. The summed E-state index contributed by atoms with van der Waals surface area (Å²) in [5.41, 5.74) is 0.948. The first-order valence-electron chi connectivity index (χ1n) is 8.55. The number of carbonyl (C=O) groups is 3. The number of piperazine rings is 1. The van der Waals surface area contributed by atoms with Gasteiger partial charge in [-0.05, 0) is 40.2 Å². The molecule has 0 unspecified atom stereocenters. The summed E-state index contributed by atoms with van der Waals surface area (Å²) in [6.07, 6.45) is 0. The van der Waals surface area contributed by atoms with Gasteiger partial charge in [-0.2, -0.15) is 0 Å². The third-order valence-corrected chi connectivity index (χ3v) is 5.02. The van der Waals surface area contributed by atoms with E-state index in [9.17, 15) is 14.4 Å². The molecule has 0 saturated carbocycles. The number of hydrogen-bond acceptors (Lipinski definition) is 4. The summed E-state index contributed by atoms with van der Waals surface area (Å²) in [4.78, 5) is 42.0. The van der Waals surface area contributed by atoms with Crippen molar-refractivity contribution in [1.82, 2.24) is 9.80 Å². The Morgan fingerprint density at radius 1 is 1.00 bits per heavy atom. The van der Waals surface area contributed by atoms with E-state index in [0.29, 0.717) is 42.1 Å². The Hall–Kier alpha value is -2.61. The third-order valence-electron chi connectivity index (χ3n) is 4.60. The van der Waals surface area contributed by atoms with Crippen LogP contribution in [0.15, 0.2) is 45.5 Å². The van der Waals surface area contributed by atoms with Gasteiger partial charge in [-0.25, -0.2) is 0 Å². The van der Waals surface area contributed by atoms with Gasteiger partial charge >= 0.3 is 0 Å². The molecular formula is C19H20BrN3O4. The number of furan rings is 1. The summed E-state index contributed by atoms with van der Waals surface area (Å²) < 4.78 is 5.80. The highest BCUT2D eigenvalue weighted by Crippen LogP contribution is 2.24. The molecule has 3 amide bonds. The van der Waals surface area contributed by atoms with Crippen molar-refractivity contribution in [3.63, 3.8) is 0 Å². The van der Waals surface area contributed by atoms with E-state index in [4.69, 9.17) is 4.42 Å². The zero-order valence-corrected chi connectivity index (χ0v) is 16.7. The molecule has 1 aromatic heterocycles. The van der Waals surface area contributed by atoms with Crippen molar-refractivity contribution in [1.29, 1.82) is 0 Å². The lowest BCUT2D eigenvalue weighted by Gasteiger charge is -2.34. The van der Waals surface area contributed by atoms with E-state index < -0.39 is 0 Å². The average molecular weight is 434 g/mol. The van der Waals surface area contributed by atoms with Crippen molar-refractivity contribution in [2.24, 2.45) is 0 Å². The molecule has 0 radical (unpaired) electrons. The minimum atomic E-state index is -0.345. The Labute approximate surface area is 165 Å². The number of halogens is 1. The highest BCUT2D eigenvalue weighted by molar-refractivity contribution is 9.10. The lowest BCUT2D eigenvalue weighted by atomic mass is 10.1. The van der Waals surface area contributed by atoms with Crippen LogP contribution in [0, 0.1) is 0 Å². The van der Waals surface area contributed by atoms with Crippen LogP contribution in [-0.2, 0) is 4.79 Å². The molecule has 1 fully saturated rings. The van der Waals surface area contributed by atoms with Crippen LogP contribution in [-0.4, -0.2) is 60.7 Å². The maximum atomic E-state index is 13.0. The normalized spacial score (nSPS) is 14.2. The maximum Gasteiger partial charge on any atom is 0.293 e.